The van der Waals surface area contributed by atoms with Crippen LogP contribution in [0.2, 0.25) is 0 Å². The van der Waals surface area contributed by atoms with Gasteiger partial charge in [0, 0.05) is 18.6 Å². The highest BCUT2D eigenvalue weighted by Crippen LogP contribution is 2.29. The number of nitrogens with zero attached hydrogens (tertiary/aromatic N) is 2. The van der Waals surface area contributed by atoms with Crippen LogP contribution in [0.3, 0.4) is 0 Å². The normalized spacial score (nSPS) is 29.6. The summed E-state index contributed by atoms with van der Waals surface area (Å²) in [4.78, 5) is 5.10. The van der Waals surface area contributed by atoms with E-state index in [0.717, 1.165) is 6.04 Å². The molecule has 1 unspecified atom stereocenters. The quantitative estimate of drug-likeness (QED) is 0.854. The first-order valence-electron chi connectivity index (χ1n) is 8.64. The molecule has 20 heavy (non-hydrogen) atoms. The van der Waals surface area contributed by atoms with Crippen LogP contribution in [0, 0.1) is 5.41 Å². The Hall–Kier alpha value is -0.120. The van der Waals surface area contributed by atoms with Gasteiger partial charge in [-0.2, -0.15) is 0 Å². The van der Waals surface area contributed by atoms with Gasteiger partial charge in [0.15, 0.2) is 0 Å². The third-order valence-corrected chi connectivity index (χ3v) is 5.50. The first-order valence-corrected chi connectivity index (χ1v) is 8.64. The van der Waals surface area contributed by atoms with Crippen LogP contribution in [0.15, 0.2) is 0 Å². The van der Waals surface area contributed by atoms with Gasteiger partial charge in [-0.15, -0.1) is 0 Å². The van der Waals surface area contributed by atoms with Crippen molar-refractivity contribution in [2.45, 2.75) is 65.0 Å². The highest BCUT2D eigenvalue weighted by Gasteiger charge is 2.29. The maximum Gasteiger partial charge on any atom is 0.00799 e. The highest BCUT2D eigenvalue weighted by atomic mass is 15.2. The molecule has 2 heterocycles. The summed E-state index contributed by atoms with van der Waals surface area (Å²) in [6.07, 6.45) is 6.74. The molecule has 0 saturated carbocycles. The van der Waals surface area contributed by atoms with Crippen LogP contribution in [-0.2, 0) is 0 Å². The standard InChI is InChI=1S/C17H35N3/c1-15(2)20-10-5-6-16(7-11-20)18-14-17(3)8-12-19(4)13-9-17/h15-16,18H,5-14H2,1-4H3. The van der Waals surface area contributed by atoms with E-state index in [1.165, 1.54) is 64.8 Å². The van der Waals surface area contributed by atoms with Crippen LogP contribution in [0.5, 0.6) is 0 Å². The topological polar surface area (TPSA) is 18.5 Å². The molecule has 2 aliphatic heterocycles. The predicted octanol–water partition coefficient (Wildman–Crippen LogP) is 2.57. The monoisotopic (exact) mass is 281 g/mol. The third-order valence-electron chi connectivity index (χ3n) is 5.50. The zero-order chi connectivity index (χ0) is 14.6. The highest BCUT2D eigenvalue weighted by molar-refractivity contribution is 4.85. The maximum absolute atomic E-state index is 3.90. The van der Waals surface area contributed by atoms with E-state index >= 15 is 0 Å². The molecule has 1 atom stereocenters. The summed E-state index contributed by atoms with van der Waals surface area (Å²) in [5.41, 5.74) is 0.524. The minimum absolute atomic E-state index is 0.524. The zero-order valence-corrected chi connectivity index (χ0v) is 14.1. The van der Waals surface area contributed by atoms with E-state index in [0.29, 0.717) is 11.5 Å². The second kappa shape index (κ2) is 7.24. The van der Waals surface area contributed by atoms with E-state index in [2.05, 4.69) is 42.9 Å². The van der Waals surface area contributed by atoms with Crippen molar-refractivity contribution < 1.29 is 0 Å². The Bertz CT molecular complexity index is 282. The molecular formula is C17H35N3. The molecule has 0 spiro atoms. The first-order chi connectivity index (χ1) is 9.48. The van der Waals surface area contributed by atoms with E-state index < -0.39 is 0 Å². The van der Waals surface area contributed by atoms with E-state index in [-0.39, 0.29) is 0 Å². The molecule has 2 rings (SSSR count). The number of hydrogen-bond donors (Lipinski definition) is 1. The second-order valence-electron chi connectivity index (χ2n) is 7.75. The molecule has 3 nitrogen and oxygen atoms in total. The molecule has 2 fully saturated rings. The van der Waals surface area contributed by atoms with Gasteiger partial charge < -0.3 is 15.1 Å². The van der Waals surface area contributed by atoms with Crippen LogP contribution in [0.25, 0.3) is 0 Å². The molecule has 0 aromatic heterocycles. The average Bonchev–Trinajstić information content (AvgIpc) is 2.66. The number of nitrogens with one attached hydrogen (secondary N) is 1. The van der Waals surface area contributed by atoms with Crippen molar-refractivity contribution in [3.05, 3.63) is 0 Å². The summed E-state index contributed by atoms with van der Waals surface area (Å²) in [6.45, 7) is 13.4. The molecule has 3 heteroatoms. The molecular weight excluding hydrogens is 246 g/mol. The van der Waals surface area contributed by atoms with Crippen molar-refractivity contribution in [3.8, 4) is 0 Å². The predicted molar refractivity (Wildman–Crippen MR) is 87.2 cm³/mol. The third kappa shape index (κ3) is 4.71. The Morgan fingerprint density at radius 2 is 1.80 bits per heavy atom. The average molecular weight is 281 g/mol. The molecule has 0 bridgehead atoms. The number of rotatable bonds is 4. The summed E-state index contributed by atoms with van der Waals surface area (Å²) in [7, 11) is 2.25. The number of piperidine rings is 1. The van der Waals surface area contributed by atoms with E-state index in [4.69, 9.17) is 0 Å². The first kappa shape index (κ1) is 16.3. The number of hydrogen-bond acceptors (Lipinski definition) is 3. The molecule has 0 aromatic carbocycles. The fourth-order valence-electron chi connectivity index (χ4n) is 3.56. The summed E-state index contributed by atoms with van der Waals surface area (Å²) in [5, 5.41) is 3.90. The van der Waals surface area contributed by atoms with Gasteiger partial charge in [-0.05, 0) is 84.6 Å². The van der Waals surface area contributed by atoms with Crippen molar-refractivity contribution in [2.24, 2.45) is 5.41 Å². The van der Waals surface area contributed by atoms with Crippen molar-refractivity contribution in [2.75, 3.05) is 39.8 Å². The van der Waals surface area contributed by atoms with E-state index in [1.54, 1.807) is 0 Å². The van der Waals surface area contributed by atoms with Crippen LogP contribution in [0.4, 0.5) is 0 Å². The fraction of sp³-hybridized carbons (Fsp3) is 1.00. The molecule has 0 aliphatic carbocycles. The maximum atomic E-state index is 3.90. The van der Waals surface area contributed by atoms with Crippen LogP contribution >= 0.6 is 0 Å². The van der Waals surface area contributed by atoms with E-state index in [9.17, 15) is 0 Å². The van der Waals surface area contributed by atoms with Gasteiger partial charge in [0.25, 0.3) is 0 Å². The lowest BCUT2D eigenvalue weighted by Gasteiger charge is -2.39. The van der Waals surface area contributed by atoms with Gasteiger partial charge in [0.1, 0.15) is 0 Å². The minimum Gasteiger partial charge on any atom is -0.313 e. The molecule has 0 aromatic rings. The Morgan fingerprint density at radius 3 is 2.45 bits per heavy atom. The van der Waals surface area contributed by atoms with Crippen LogP contribution in [0.1, 0.15) is 52.9 Å². The van der Waals surface area contributed by atoms with Gasteiger partial charge in [0.2, 0.25) is 0 Å². The summed E-state index contributed by atoms with van der Waals surface area (Å²) >= 11 is 0. The van der Waals surface area contributed by atoms with Gasteiger partial charge in [-0.25, -0.2) is 0 Å². The fourth-order valence-corrected chi connectivity index (χ4v) is 3.56. The molecule has 2 aliphatic rings. The Morgan fingerprint density at radius 1 is 1.10 bits per heavy atom. The van der Waals surface area contributed by atoms with Crippen LogP contribution in [-0.4, -0.2) is 61.7 Å². The minimum atomic E-state index is 0.524. The zero-order valence-electron chi connectivity index (χ0n) is 14.1. The molecule has 2 saturated heterocycles. The molecule has 0 amide bonds. The smallest absolute Gasteiger partial charge is 0.00799 e. The van der Waals surface area contributed by atoms with E-state index in [1.807, 2.05) is 0 Å². The lowest BCUT2D eigenvalue weighted by molar-refractivity contribution is 0.132. The van der Waals surface area contributed by atoms with Crippen molar-refractivity contribution in [3.63, 3.8) is 0 Å². The Balaban J connectivity index is 1.74. The molecule has 118 valence electrons. The lowest BCUT2D eigenvalue weighted by Crippen LogP contribution is -2.44. The Kier molecular flexibility index (Phi) is 5.88. The number of likely N-dealkylation sites (tertiary alicyclic amines) is 2. The van der Waals surface area contributed by atoms with Gasteiger partial charge in [-0.1, -0.05) is 6.92 Å². The van der Waals surface area contributed by atoms with Crippen molar-refractivity contribution in [1.29, 1.82) is 0 Å². The lowest BCUT2D eigenvalue weighted by atomic mass is 9.80. The molecule has 0 radical (unpaired) electrons. The van der Waals surface area contributed by atoms with Gasteiger partial charge >= 0.3 is 0 Å². The van der Waals surface area contributed by atoms with Crippen LogP contribution < -0.4 is 5.32 Å². The SMILES string of the molecule is CC(C)N1CCCC(NCC2(C)CCN(C)CC2)CC1. The Labute approximate surface area is 126 Å². The molecule has 1 N–H and O–H groups in total. The van der Waals surface area contributed by atoms with Gasteiger partial charge in [-0.3, -0.25) is 0 Å². The summed E-state index contributed by atoms with van der Waals surface area (Å²) in [5.74, 6) is 0. The summed E-state index contributed by atoms with van der Waals surface area (Å²) < 4.78 is 0. The largest absolute Gasteiger partial charge is 0.313 e. The summed E-state index contributed by atoms with van der Waals surface area (Å²) in [6, 6.07) is 1.45. The van der Waals surface area contributed by atoms with Gasteiger partial charge in [0.05, 0.1) is 0 Å². The van der Waals surface area contributed by atoms with Crippen molar-refractivity contribution in [1.82, 2.24) is 15.1 Å². The second-order valence-corrected chi connectivity index (χ2v) is 7.75. The van der Waals surface area contributed by atoms with Crippen molar-refractivity contribution >= 4 is 0 Å².